The van der Waals surface area contributed by atoms with Crippen molar-refractivity contribution in [3.63, 3.8) is 0 Å². The summed E-state index contributed by atoms with van der Waals surface area (Å²) in [6.45, 7) is 1.61. The number of carbonyl (C=O) groups is 1. The van der Waals surface area contributed by atoms with Gasteiger partial charge in [-0.2, -0.15) is 4.98 Å². The summed E-state index contributed by atoms with van der Waals surface area (Å²) in [5, 5.41) is 4.05. The highest BCUT2D eigenvalue weighted by atomic mass is 35.5. The van der Waals surface area contributed by atoms with Gasteiger partial charge in [0.2, 0.25) is 0 Å². The maximum atomic E-state index is 13.0. The SMILES string of the molecule is C/C(N)=C(/C=O)Nc1nc(=O)n(-c2ccccc2Cl)c2cc(C3CC3)ccc12. The van der Waals surface area contributed by atoms with Gasteiger partial charge in [0.25, 0.3) is 0 Å². The van der Waals surface area contributed by atoms with Crippen molar-refractivity contribution in [2.45, 2.75) is 25.7 Å². The second kappa shape index (κ2) is 7.13. The van der Waals surface area contributed by atoms with E-state index in [1.54, 1.807) is 19.1 Å². The second-order valence-electron chi connectivity index (χ2n) is 6.92. The van der Waals surface area contributed by atoms with Crippen LogP contribution < -0.4 is 16.7 Å². The Labute approximate surface area is 166 Å². The molecule has 1 aliphatic carbocycles. The molecule has 1 aromatic heterocycles. The summed E-state index contributed by atoms with van der Waals surface area (Å²) >= 11 is 6.36. The van der Waals surface area contributed by atoms with Gasteiger partial charge in [0.05, 0.1) is 21.9 Å². The van der Waals surface area contributed by atoms with Crippen LogP contribution in [0.2, 0.25) is 5.02 Å². The number of nitrogens with two attached hydrogens (primary N) is 1. The summed E-state index contributed by atoms with van der Waals surface area (Å²) in [7, 11) is 0. The zero-order valence-electron chi connectivity index (χ0n) is 15.3. The van der Waals surface area contributed by atoms with Crippen LogP contribution in [0.1, 0.15) is 31.2 Å². The summed E-state index contributed by atoms with van der Waals surface area (Å²) in [6.07, 6.45) is 2.89. The molecule has 0 unspecified atom stereocenters. The number of benzene rings is 2. The number of nitrogens with zero attached hydrogens (tertiary/aromatic N) is 2. The lowest BCUT2D eigenvalue weighted by Crippen LogP contribution is -2.24. The van der Waals surface area contributed by atoms with Crippen molar-refractivity contribution in [1.29, 1.82) is 0 Å². The highest BCUT2D eigenvalue weighted by Gasteiger charge is 2.25. The molecule has 6 nitrogen and oxygen atoms in total. The molecule has 2 aromatic carbocycles. The molecule has 0 bridgehead atoms. The largest absolute Gasteiger partial charge is 0.400 e. The average Bonchev–Trinajstić information content (AvgIpc) is 3.51. The fraction of sp³-hybridized carbons (Fsp3) is 0.190. The zero-order chi connectivity index (χ0) is 19.8. The van der Waals surface area contributed by atoms with Crippen molar-refractivity contribution < 1.29 is 4.79 Å². The number of hydrogen-bond acceptors (Lipinski definition) is 5. The van der Waals surface area contributed by atoms with Gasteiger partial charge < -0.3 is 11.1 Å². The average molecular weight is 395 g/mol. The number of nitrogens with one attached hydrogen (secondary N) is 1. The van der Waals surface area contributed by atoms with E-state index in [9.17, 15) is 9.59 Å². The van der Waals surface area contributed by atoms with Crippen molar-refractivity contribution >= 4 is 34.6 Å². The Bertz CT molecular complexity index is 1170. The first-order valence-electron chi connectivity index (χ1n) is 8.99. The summed E-state index contributed by atoms with van der Waals surface area (Å²) in [5.74, 6) is 0.804. The van der Waals surface area contributed by atoms with E-state index in [2.05, 4.69) is 10.3 Å². The van der Waals surface area contributed by atoms with Gasteiger partial charge >= 0.3 is 5.69 Å². The highest BCUT2D eigenvalue weighted by molar-refractivity contribution is 6.32. The van der Waals surface area contributed by atoms with E-state index in [1.807, 2.05) is 30.3 Å². The third kappa shape index (κ3) is 3.27. The minimum Gasteiger partial charge on any atom is -0.400 e. The minimum atomic E-state index is -0.490. The third-order valence-corrected chi connectivity index (χ3v) is 5.17. The Morgan fingerprint density at radius 2 is 2.04 bits per heavy atom. The number of rotatable bonds is 5. The van der Waals surface area contributed by atoms with Crippen LogP contribution >= 0.6 is 11.6 Å². The van der Waals surface area contributed by atoms with Gasteiger partial charge in [-0.15, -0.1) is 0 Å². The molecule has 0 saturated heterocycles. The Morgan fingerprint density at radius 3 is 2.68 bits per heavy atom. The predicted molar refractivity (Wildman–Crippen MR) is 111 cm³/mol. The Morgan fingerprint density at radius 1 is 1.29 bits per heavy atom. The van der Waals surface area contributed by atoms with E-state index in [1.165, 1.54) is 10.1 Å². The Hall–Kier alpha value is -3.12. The molecule has 28 heavy (non-hydrogen) atoms. The van der Waals surface area contributed by atoms with Gasteiger partial charge in [-0.1, -0.05) is 29.8 Å². The number of anilines is 1. The molecule has 0 radical (unpaired) electrons. The normalized spacial score (nSPS) is 14.6. The van der Waals surface area contributed by atoms with Crippen molar-refractivity contribution in [3.05, 3.63) is 74.9 Å². The predicted octanol–water partition coefficient (Wildman–Crippen LogP) is 3.72. The lowest BCUT2D eigenvalue weighted by molar-refractivity contribution is -0.104. The lowest BCUT2D eigenvalue weighted by atomic mass is 10.1. The van der Waals surface area contributed by atoms with E-state index < -0.39 is 5.69 Å². The second-order valence-corrected chi connectivity index (χ2v) is 7.33. The van der Waals surface area contributed by atoms with Crippen molar-refractivity contribution in [3.8, 4) is 5.69 Å². The number of halogens is 1. The quantitative estimate of drug-likeness (QED) is 0.508. The maximum absolute atomic E-state index is 13.0. The van der Waals surface area contributed by atoms with Crippen LogP contribution in [-0.4, -0.2) is 15.8 Å². The number of hydrogen-bond donors (Lipinski definition) is 2. The van der Waals surface area contributed by atoms with Crippen molar-refractivity contribution in [2.75, 3.05) is 5.32 Å². The van der Waals surface area contributed by atoms with Crippen LogP contribution in [-0.2, 0) is 4.79 Å². The standard InChI is InChI=1S/C21H19ClN4O2/c1-12(23)17(11-27)24-20-15-9-8-14(13-6-7-13)10-19(15)26(21(28)25-20)18-5-3-2-4-16(18)22/h2-5,8-11,13H,6-7,23H2,1H3,(H,24,25,28)/b17-12+. The Balaban J connectivity index is 2.01. The maximum Gasteiger partial charge on any atom is 0.354 e. The van der Waals surface area contributed by atoms with Gasteiger partial charge in [-0.3, -0.25) is 9.36 Å². The van der Waals surface area contributed by atoms with Gasteiger partial charge in [0.1, 0.15) is 5.82 Å². The number of aldehydes is 1. The molecule has 7 heteroatoms. The number of allylic oxidation sites excluding steroid dienone is 2. The topological polar surface area (TPSA) is 90.0 Å². The van der Waals surface area contributed by atoms with Crippen LogP contribution in [0.15, 0.2) is 58.7 Å². The van der Waals surface area contributed by atoms with E-state index in [0.717, 1.165) is 12.8 Å². The molecule has 142 valence electrons. The van der Waals surface area contributed by atoms with Gasteiger partial charge in [0.15, 0.2) is 6.29 Å². The van der Waals surface area contributed by atoms with E-state index in [4.69, 9.17) is 17.3 Å². The number of fused-ring (bicyclic) bond motifs is 1. The summed E-state index contributed by atoms with van der Waals surface area (Å²) in [6, 6.07) is 13.1. The molecule has 3 aromatic rings. The molecule has 0 aliphatic heterocycles. The molecule has 0 spiro atoms. The summed E-state index contributed by atoms with van der Waals surface area (Å²) in [5.41, 5.74) is 8.16. The first-order chi connectivity index (χ1) is 13.5. The molecule has 0 amide bonds. The number of carbonyl (C=O) groups excluding carboxylic acids is 1. The molecular formula is C21H19ClN4O2. The van der Waals surface area contributed by atoms with Crippen LogP contribution in [0, 0.1) is 0 Å². The highest BCUT2D eigenvalue weighted by Crippen LogP contribution is 2.41. The third-order valence-electron chi connectivity index (χ3n) is 4.85. The smallest absolute Gasteiger partial charge is 0.354 e. The van der Waals surface area contributed by atoms with Crippen LogP contribution in [0.3, 0.4) is 0 Å². The lowest BCUT2D eigenvalue weighted by Gasteiger charge is -2.16. The first kappa shape index (κ1) is 18.3. The number of para-hydroxylation sites is 1. The molecule has 1 saturated carbocycles. The van der Waals surface area contributed by atoms with E-state index in [0.29, 0.717) is 39.5 Å². The van der Waals surface area contributed by atoms with E-state index >= 15 is 0 Å². The molecule has 1 aliphatic rings. The molecular weight excluding hydrogens is 376 g/mol. The fourth-order valence-electron chi connectivity index (χ4n) is 3.22. The fourth-order valence-corrected chi connectivity index (χ4v) is 3.44. The summed E-state index contributed by atoms with van der Waals surface area (Å²) < 4.78 is 1.51. The molecule has 0 atom stereocenters. The van der Waals surface area contributed by atoms with Crippen molar-refractivity contribution in [2.24, 2.45) is 5.73 Å². The first-order valence-corrected chi connectivity index (χ1v) is 9.37. The van der Waals surface area contributed by atoms with Crippen LogP contribution in [0.25, 0.3) is 16.6 Å². The molecule has 1 heterocycles. The minimum absolute atomic E-state index is 0.176. The molecule has 3 N–H and O–H groups in total. The Kier molecular flexibility index (Phi) is 4.65. The van der Waals surface area contributed by atoms with Crippen LogP contribution in [0.4, 0.5) is 5.82 Å². The van der Waals surface area contributed by atoms with Gasteiger partial charge in [-0.05, 0) is 55.5 Å². The van der Waals surface area contributed by atoms with Crippen molar-refractivity contribution in [1.82, 2.24) is 9.55 Å². The van der Waals surface area contributed by atoms with Gasteiger partial charge in [0, 0.05) is 11.1 Å². The summed E-state index contributed by atoms with van der Waals surface area (Å²) in [4.78, 5) is 28.5. The molecule has 1 fully saturated rings. The number of aromatic nitrogens is 2. The monoisotopic (exact) mass is 394 g/mol. The van der Waals surface area contributed by atoms with Gasteiger partial charge in [-0.25, -0.2) is 4.79 Å². The van der Waals surface area contributed by atoms with Crippen LogP contribution in [0.5, 0.6) is 0 Å². The molecule has 4 rings (SSSR count). The van der Waals surface area contributed by atoms with E-state index in [-0.39, 0.29) is 11.5 Å². The zero-order valence-corrected chi connectivity index (χ0v) is 16.0.